The Morgan fingerprint density at radius 1 is 1.17 bits per heavy atom. The third kappa shape index (κ3) is 4.18. The Bertz CT molecular complexity index is 576. The van der Waals surface area contributed by atoms with E-state index in [-0.39, 0.29) is 12.4 Å². The van der Waals surface area contributed by atoms with E-state index in [0.29, 0.717) is 13.0 Å². The quantitative estimate of drug-likeness (QED) is 0.811. The summed E-state index contributed by atoms with van der Waals surface area (Å²) in [5.74, 6) is 1.57. The molecule has 0 amide bonds. The summed E-state index contributed by atoms with van der Waals surface area (Å²) >= 11 is 0. The Hall–Kier alpha value is -1.26. The lowest BCUT2D eigenvalue weighted by Crippen LogP contribution is -2.22. The van der Waals surface area contributed by atoms with Crippen LogP contribution in [-0.2, 0) is 6.42 Å². The van der Waals surface area contributed by atoms with Crippen LogP contribution in [0.15, 0.2) is 17.7 Å². The van der Waals surface area contributed by atoms with Crippen molar-refractivity contribution in [1.29, 1.82) is 0 Å². The number of nitrogens with zero attached hydrogens (tertiary/aromatic N) is 1. The summed E-state index contributed by atoms with van der Waals surface area (Å²) in [4.78, 5) is 2.23. The summed E-state index contributed by atoms with van der Waals surface area (Å²) in [6, 6.07) is 4.14. The van der Waals surface area contributed by atoms with Gasteiger partial charge in [-0.1, -0.05) is 11.6 Å². The molecule has 1 heterocycles. The number of likely N-dealkylation sites (tertiary alicyclic amines) is 1. The van der Waals surface area contributed by atoms with Gasteiger partial charge in [0.15, 0.2) is 11.5 Å². The normalized spacial score (nSPS) is 20.5. The van der Waals surface area contributed by atoms with Crippen LogP contribution in [0.1, 0.15) is 30.4 Å². The molecule has 1 aliphatic carbocycles. The molecule has 1 unspecified atom stereocenters. The first kappa shape index (κ1) is 18.1. The van der Waals surface area contributed by atoms with Crippen LogP contribution in [-0.4, -0.2) is 44.9 Å². The number of rotatable bonds is 5. The lowest BCUT2D eigenvalue weighted by atomic mass is 9.90. The molecule has 0 spiro atoms. The van der Waals surface area contributed by atoms with Crippen LogP contribution in [0.2, 0.25) is 0 Å². The fourth-order valence-corrected chi connectivity index (χ4v) is 3.36. The van der Waals surface area contributed by atoms with E-state index in [0.717, 1.165) is 43.9 Å². The molecular weight excluding hydrogens is 317 g/mol. The van der Waals surface area contributed by atoms with Crippen LogP contribution >= 0.6 is 12.4 Å². The third-order valence-electron chi connectivity index (χ3n) is 4.68. The summed E-state index contributed by atoms with van der Waals surface area (Å²) in [6.45, 7) is 2.47. The predicted molar refractivity (Wildman–Crippen MR) is 93.7 cm³/mol. The van der Waals surface area contributed by atoms with E-state index in [1.54, 1.807) is 14.2 Å². The van der Waals surface area contributed by atoms with E-state index < -0.39 is 6.17 Å². The largest absolute Gasteiger partial charge is 0.493 e. The van der Waals surface area contributed by atoms with E-state index in [4.69, 9.17) is 9.47 Å². The lowest BCUT2D eigenvalue weighted by Gasteiger charge is -2.21. The Balaban J connectivity index is 0.00000192. The van der Waals surface area contributed by atoms with Gasteiger partial charge in [0.1, 0.15) is 6.17 Å². The molecule has 1 aromatic rings. The fraction of sp³-hybridized carbons (Fsp3) is 0.556. The van der Waals surface area contributed by atoms with Crippen molar-refractivity contribution in [2.45, 2.75) is 31.9 Å². The maximum Gasteiger partial charge on any atom is 0.161 e. The number of alkyl halides is 1. The van der Waals surface area contributed by atoms with Gasteiger partial charge in [-0.05, 0) is 48.9 Å². The smallest absolute Gasteiger partial charge is 0.161 e. The van der Waals surface area contributed by atoms with Gasteiger partial charge < -0.3 is 14.4 Å². The maximum absolute atomic E-state index is 13.2. The van der Waals surface area contributed by atoms with Crippen LogP contribution in [0.25, 0.3) is 6.08 Å². The van der Waals surface area contributed by atoms with Crippen LogP contribution < -0.4 is 9.47 Å². The minimum Gasteiger partial charge on any atom is -0.493 e. The van der Waals surface area contributed by atoms with Crippen LogP contribution in [0.5, 0.6) is 11.5 Å². The molecule has 1 aliphatic heterocycles. The minimum absolute atomic E-state index is 0. The average molecular weight is 342 g/mol. The van der Waals surface area contributed by atoms with Gasteiger partial charge in [-0.2, -0.15) is 0 Å². The molecule has 5 heteroatoms. The van der Waals surface area contributed by atoms with E-state index >= 15 is 0 Å². The molecule has 1 aromatic carbocycles. The van der Waals surface area contributed by atoms with Crippen molar-refractivity contribution < 1.29 is 13.9 Å². The van der Waals surface area contributed by atoms with Gasteiger partial charge >= 0.3 is 0 Å². The SMILES string of the molecule is COc1cc2c(cc1OC)CCC(CCN1CCC(F)C1)=C2.Cl. The van der Waals surface area contributed by atoms with Crippen molar-refractivity contribution in [3.63, 3.8) is 0 Å². The predicted octanol–water partition coefficient (Wildman–Crippen LogP) is 3.89. The van der Waals surface area contributed by atoms with Crippen molar-refractivity contribution in [2.24, 2.45) is 0 Å². The van der Waals surface area contributed by atoms with Gasteiger partial charge in [-0.3, -0.25) is 0 Å². The molecule has 1 atom stereocenters. The molecule has 0 bridgehead atoms. The number of hydrogen-bond acceptors (Lipinski definition) is 3. The highest BCUT2D eigenvalue weighted by atomic mass is 35.5. The van der Waals surface area contributed by atoms with Gasteiger partial charge in [0, 0.05) is 19.6 Å². The molecule has 128 valence electrons. The van der Waals surface area contributed by atoms with Crippen LogP contribution in [0.4, 0.5) is 4.39 Å². The highest BCUT2D eigenvalue weighted by molar-refractivity contribution is 5.85. The van der Waals surface area contributed by atoms with Crippen LogP contribution in [0.3, 0.4) is 0 Å². The van der Waals surface area contributed by atoms with Crippen molar-refractivity contribution in [3.05, 3.63) is 28.8 Å². The summed E-state index contributed by atoms with van der Waals surface area (Å²) < 4.78 is 24.0. The molecule has 0 radical (unpaired) electrons. The zero-order valence-electron chi connectivity index (χ0n) is 13.8. The molecule has 0 aromatic heterocycles. The molecule has 2 aliphatic rings. The topological polar surface area (TPSA) is 21.7 Å². The molecule has 3 rings (SSSR count). The van der Waals surface area contributed by atoms with Gasteiger partial charge in [-0.25, -0.2) is 4.39 Å². The number of ether oxygens (including phenoxy) is 2. The fourth-order valence-electron chi connectivity index (χ4n) is 3.36. The zero-order valence-corrected chi connectivity index (χ0v) is 14.6. The first-order valence-corrected chi connectivity index (χ1v) is 8.00. The second kappa shape index (κ2) is 8.02. The first-order chi connectivity index (χ1) is 10.7. The molecule has 3 nitrogen and oxygen atoms in total. The number of methoxy groups -OCH3 is 2. The highest BCUT2D eigenvalue weighted by Crippen LogP contribution is 2.35. The van der Waals surface area contributed by atoms with E-state index in [1.807, 2.05) is 0 Å². The summed E-state index contributed by atoms with van der Waals surface area (Å²) in [6.07, 6.45) is 5.48. The number of hydrogen-bond donors (Lipinski definition) is 0. The Kier molecular flexibility index (Phi) is 6.31. The second-order valence-corrected chi connectivity index (χ2v) is 6.15. The van der Waals surface area contributed by atoms with E-state index in [9.17, 15) is 4.39 Å². The molecule has 0 N–H and O–H groups in total. The maximum atomic E-state index is 13.2. The van der Waals surface area contributed by atoms with E-state index in [2.05, 4.69) is 23.1 Å². The van der Waals surface area contributed by atoms with Crippen LogP contribution in [0, 0.1) is 0 Å². The summed E-state index contributed by atoms with van der Waals surface area (Å²) in [5.41, 5.74) is 3.98. The molecular formula is C18H25ClFNO2. The second-order valence-electron chi connectivity index (χ2n) is 6.15. The highest BCUT2D eigenvalue weighted by Gasteiger charge is 2.22. The van der Waals surface area contributed by atoms with Crippen molar-refractivity contribution >= 4 is 18.5 Å². The van der Waals surface area contributed by atoms with Gasteiger partial charge in [0.2, 0.25) is 0 Å². The third-order valence-corrected chi connectivity index (χ3v) is 4.68. The average Bonchev–Trinajstić information content (AvgIpc) is 2.96. The van der Waals surface area contributed by atoms with Gasteiger partial charge in [-0.15, -0.1) is 12.4 Å². The zero-order chi connectivity index (χ0) is 15.5. The van der Waals surface area contributed by atoms with Gasteiger partial charge in [0.25, 0.3) is 0 Å². The molecule has 1 fully saturated rings. The van der Waals surface area contributed by atoms with Crippen molar-refractivity contribution in [3.8, 4) is 11.5 Å². The first-order valence-electron chi connectivity index (χ1n) is 8.00. The molecule has 1 saturated heterocycles. The standard InChI is InChI=1S/C18H24FNO2.ClH/c1-21-17-10-14-4-3-13(9-15(14)11-18(17)22-2)5-7-20-8-6-16(19)12-20;/h9-11,16H,3-8,12H2,1-2H3;1H. The summed E-state index contributed by atoms with van der Waals surface area (Å²) in [7, 11) is 3.33. The molecule has 0 saturated carbocycles. The van der Waals surface area contributed by atoms with Crippen molar-refractivity contribution in [2.75, 3.05) is 33.9 Å². The minimum atomic E-state index is -0.627. The Morgan fingerprint density at radius 3 is 2.57 bits per heavy atom. The number of aryl methyl sites for hydroxylation is 1. The number of halogens is 2. The monoisotopic (exact) mass is 341 g/mol. The Labute approximate surface area is 143 Å². The number of benzene rings is 1. The Morgan fingerprint density at radius 2 is 1.91 bits per heavy atom. The molecule has 23 heavy (non-hydrogen) atoms. The van der Waals surface area contributed by atoms with E-state index in [1.165, 1.54) is 16.7 Å². The van der Waals surface area contributed by atoms with Crippen molar-refractivity contribution in [1.82, 2.24) is 4.90 Å². The van der Waals surface area contributed by atoms with Gasteiger partial charge in [0.05, 0.1) is 14.2 Å². The lowest BCUT2D eigenvalue weighted by molar-refractivity contribution is 0.289. The summed E-state index contributed by atoms with van der Waals surface area (Å²) in [5, 5.41) is 0. The number of fused-ring (bicyclic) bond motifs is 1.